The SMILES string of the molecule is CNCc1cc(C)nc(-c2cc(OC)ncn2)n1. The second-order valence-corrected chi connectivity index (χ2v) is 3.80. The monoisotopic (exact) mass is 245 g/mol. The summed E-state index contributed by atoms with van der Waals surface area (Å²) in [4.78, 5) is 17.0. The van der Waals surface area contributed by atoms with Crippen molar-refractivity contribution in [1.82, 2.24) is 25.3 Å². The van der Waals surface area contributed by atoms with Crippen LogP contribution in [-0.2, 0) is 6.54 Å². The second-order valence-electron chi connectivity index (χ2n) is 3.80. The molecule has 0 aliphatic heterocycles. The highest BCUT2D eigenvalue weighted by Gasteiger charge is 2.07. The van der Waals surface area contributed by atoms with Gasteiger partial charge < -0.3 is 10.1 Å². The third-order valence-electron chi connectivity index (χ3n) is 2.35. The Labute approximate surface area is 105 Å². The van der Waals surface area contributed by atoms with E-state index in [0.717, 1.165) is 11.4 Å². The lowest BCUT2D eigenvalue weighted by molar-refractivity contribution is 0.397. The zero-order chi connectivity index (χ0) is 13.0. The van der Waals surface area contributed by atoms with Gasteiger partial charge in [0.05, 0.1) is 12.8 Å². The zero-order valence-corrected chi connectivity index (χ0v) is 10.6. The van der Waals surface area contributed by atoms with Gasteiger partial charge >= 0.3 is 0 Å². The van der Waals surface area contributed by atoms with Crippen LogP contribution in [0.25, 0.3) is 11.5 Å². The smallest absolute Gasteiger partial charge is 0.216 e. The number of nitrogens with one attached hydrogen (secondary N) is 1. The van der Waals surface area contributed by atoms with Crippen molar-refractivity contribution in [3.8, 4) is 17.4 Å². The third kappa shape index (κ3) is 2.78. The molecule has 1 N–H and O–H groups in total. The minimum atomic E-state index is 0.500. The molecule has 0 saturated carbocycles. The Morgan fingerprint density at radius 2 is 2.06 bits per heavy atom. The van der Waals surface area contributed by atoms with Crippen LogP contribution in [0.2, 0.25) is 0 Å². The van der Waals surface area contributed by atoms with Crippen molar-refractivity contribution in [2.45, 2.75) is 13.5 Å². The molecule has 0 aromatic carbocycles. The summed E-state index contributed by atoms with van der Waals surface area (Å²) in [5.41, 5.74) is 2.49. The van der Waals surface area contributed by atoms with Crippen molar-refractivity contribution in [1.29, 1.82) is 0 Å². The Balaban J connectivity index is 2.42. The van der Waals surface area contributed by atoms with E-state index in [0.29, 0.717) is 23.9 Å². The molecule has 2 heterocycles. The Kier molecular flexibility index (Phi) is 3.78. The van der Waals surface area contributed by atoms with E-state index >= 15 is 0 Å². The first kappa shape index (κ1) is 12.4. The Morgan fingerprint density at radius 1 is 1.22 bits per heavy atom. The van der Waals surface area contributed by atoms with Crippen LogP contribution < -0.4 is 10.1 Å². The highest BCUT2D eigenvalue weighted by Crippen LogP contribution is 2.16. The molecule has 2 rings (SSSR count). The average molecular weight is 245 g/mol. The van der Waals surface area contributed by atoms with E-state index < -0.39 is 0 Å². The molecule has 0 aliphatic carbocycles. The average Bonchev–Trinajstić information content (AvgIpc) is 2.38. The summed E-state index contributed by atoms with van der Waals surface area (Å²) in [5, 5.41) is 3.06. The van der Waals surface area contributed by atoms with Gasteiger partial charge in [0.15, 0.2) is 5.82 Å². The van der Waals surface area contributed by atoms with E-state index in [4.69, 9.17) is 4.74 Å². The number of hydrogen-bond acceptors (Lipinski definition) is 6. The van der Waals surface area contributed by atoms with Crippen molar-refractivity contribution in [3.05, 3.63) is 29.8 Å². The van der Waals surface area contributed by atoms with Gasteiger partial charge in [0.2, 0.25) is 5.88 Å². The number of hydrogen-bond donors (Lipinski definition) is 1. The van der Waals surface area contributed by atoms with Crippen LogP contribution in [0.1, 0.15) is 11.4 Å². The predicted molar refractivity (Wildman–Crippen MR) is 67.1 cm³/mol. The molecule has 0 unspecified atom stereocenters. The molecule has 0 bridgehead atoms. The van der Waals surface area contributed by atoms with Crippen LogP contribution in [-0.4, -0.2) is 34.1 Å². The van der Waals surface area contributed by atoms with E-state index in [2.05, 4.69) is 25.3 Å². The van der Waals surface area contributed by atoms with Gasteiger partial charge in [0.25, 0.3) is 0 Å². The largest absolute Gasteiger partial charge is 0.481 e. The van der Waals surface area contributed by atoms with E-state index in [-0.39, 0.29) is 0 Å². The number of aryl methyl sites for hydroxylation is 1. The normalized spacial score (nSPS) is 10.4. The van der Waals surface area contributed by atoms with E-state index in [9.17, 15) is 0 Å². The Bertz CT molecular complexity index is 544. The van der Waals surface area contributed by atoms with Crippen LogP contribution in [0.4, 0.5) is 0 Å². The number of aromatic nitrogens is 4. The number of rotatable bonds is 4. The first-order chi connectivity index (χ1) is 8.72. The second kappa shape index (κ2) is 5.50. The van der Waals surface area contributed by atoms with Crippen molar-refractivity contribution in [2.24, 2.45) is 0 Å². The lowest BCUT2D eigenvalue weighted by Gasteiger charge is -2.05. The zero-order valence-electron chi connectivity index (χ0n) is 10.6. The Morgan fingerprint density at radius 3 is 2.78 bits per heavy atom. The summed E-state index contributed by atoms with van der Waals surface area (Å²) in [7, 11) is 3.44. The van der Waals surface area contributed by atoms with Gasteiger partial charge in [-0.05, 0) is 20.0 Å². The number of ether oxygens (including phenoxy) is 1. The molecule has 0 spiro atoms. The molecular weight excluding hydrogens is 230 g/mol. The van der Waals surface area contributed by atoms with Crippen LogP contribution in [0.5, 0.6) is 5.88 Å². The highest BCUT2D eigenvalue weighted by molar-refractivity contribution is 5.50. The first-order valence-electron chi connectivity index (χ1n) is 5.58. The minimum Gasteiger partial charge on any atom is -0.481 e. The van der Waals surface area contributed by atoms with Crippen molar-refractivity contribution < 1.29 is 4.74 Å². The Hall–Kier alpha value is -2.08. The summed E-state index contributed by atoms with van der Waals surface area (Å²) in [6.07, 6.45) is 1.44. The predicted octanol–water partition coefficient (Wildman–Crippen LogP) is 0.970. The lowest BCUT2D eigenvalue weighted by atomic mass is 10.3. The summed E-state index contributed by atoms with van der Waals surface area (Å²) in [5.74, 6) is 1.08. The van der Waals surface area contributed by atoms with Crippen LogP contribution in [0.15, 0.2) is 18.5 Å². The summed E-state index contributed by atoms with van der Waals surface area (Å²) >= 11 is 0. The fraction of sp³-hybridized carbons (Fsp3) is 0.333. The first-order valence-corrected chi connectivity index (χ1v) is 5.58. The van der Waals surface area contributed by atoms with Crippen molar-refractivity contribution in [2.75, 3.05) is 14.2 Å². The number of methoxy groups -OCH3 is 1. The van der Waals surface area contributed by atoms with Gasteiger partial charge in [-0.15, -0.1) is 0 Å². The van der Waals surface area contributed by atoms with Gasteiger partial charge in [-0.1, -0.05) is 0 Å². The molecule has 0 fully saturated rings. The fourth-order valence-electron chi connectivity index (χ4n) is 1.59. The molecule has 6 heteroatoms. The van der Waals surface area contributed by atoms with E-state index in [1.54, 1.807) is 13.2 Å². The summed E-state index contributed by atoms with van der Waals surface area (Å²) < 4.78 is 5.07. The molecule has 0 atom stereocenters. The summed E-state index contributed by atoms with van der Waals surface area (Å²) in [6.45, 7) is 2.63. The maximum Gasteiger partial charge on any atom is 0.216 e. The molecule has 0 amide bonds. The van der Waals surface area contributed by atoms with E-state index in [1.807, 2.05) is 20.0 Å². The molecule has 18 heavy (non-hydrogen) atoms. The van der Waals surface area contributed by atoms with Crippen molar-refractivity contribution in [3.63, 3.8) is 0 Å². The van der Waals surface area contributed by atoms with Crippen LogP contribution in [0.3, 0.4) is 0 Å². The van der Waals surface area contributed by atoms with Gasteiger partial charge in [-0.2, -0.15) is 0 Å². The molecule has 2 aromatic rings. The topological polar surface area (TPSA) is 72.8 Å². The van der Waals surface area contributed by atoms with Gasteiger partial charge in [-0.25, -0.2) is 19.9 Å². The lowest BCUT2D eigenvalue weighted by Crippen LogP contribution is -2.09. The molecule has 0 radical (unpaired) electrons. The van der Waals surface area contributed by atoms with Crippen LogP contribution in [0, 0.1) is 6.92 Å². The molecule has 0 saturated heterocycles. The standard InChI is InChI=1S/C12H15N5O/c1-8-4-9(6-13-2)17-12(16-8)10-5-11(18-3)15-7-14-10/h4-5,7,13H,6H2,1-3H3. The minimum absolute atomic E-state index is 0.500. The van der Waals surface area contributed by atoms with E-state index in [1.165, 1.54) is 6.33 Å². The van der Waals surface area contributed by atoms with Crippen molar-refractivity contribution >= 4 is 0 Å². The maximum absolute atomic E-state index is 5.07. The third-order valence-corrected chi connectivity index (χ3v) is 2.35. The van der Waals surface area contributed by atoms with Gasteiger partial charge in [-0.3, -0.25) is 0 Å². The quantitative estimate of drug-likeness (QED) is 0.865. The fourth-order valence-corrected chi connectivity index (χ4v) is 1.59. The molecular formula is C12H15N5O. The van der Waals surface area contributed by atoms with Gasteiger partial charge in [0, 0.05) is 18.3 Å². The maximum atomic E-state index is 5.07. The molecule has 94 valence electrons. The summed E-state index contributed by atoms with van der Waals surface area (Å²) in [6, 6.07) is 3.66. The number of nitrogens with zero attached hydrogens (tertiary/aromatic N) is 4. The molecule has 2 aromatic heterocycles. The molecule has 6 nitrogen and oxygen atoms in total. The van der Waals surface area contributed by atoms with Crippen LogP contribution >= 0.6 is 0 Å². The molecule has 0 aliphatic rings. The highest BCUT2D eigenvalue weighted by atomic mass is 16.5. The van der Waals surface area contributed by atoms with Gasteiger partial charge in [0.1, 0.15) is 12.0 Å².